The van der Waals surface area contributed by atoms with Crippen LogP contribution in [0.3, 0.4) is 0 Å². The van der Waals surface area contributed by atoms with Gasteiger partial charge in [0.15, 0.2) is 0 Å². The molecule has 0 radical (unpaired) electrons. The minimum Gasteiger partial charge on any atom is -0.343 e. The second kappa shape index (κ2) is 9.33. The average molecular weight is 378 g/mol. The van der Waals surface area contributed by atoms with Gasteiger partial charge in [-0.2, -0.15) is 0 Å². The van der Waals surface area contributed by atoms with E-state index in [-0.39, 0.29) is 5.91 Å². The van der Waals surface area contributed by atoms with Gasteiger partial charge in [0.05, 0.1) is 11.4 Å². The van der Waals surface area contributed by atoms with Gasteiger partial charge >= 0.3 is 0 Å². The van der Waals surface area contributed by atoms with Crippen molar-refractivity contribution in [3.8, 4) is 22.4 Å². The van der Waals surface area contributed by atoms with E-state index >= 15 is 0 Å². The monoisotopic (exact) mass is 377 g/mol. The van der Waals surface area contributed by atoms with Gasteiger partial charge in [0.2, 0.25) is 5.91 Å². The summed E-state index contributed by atoms with van der Waals surface area (Å²) in [6.07, 6.45) is 0. The van der Waals surface area contributed by atoms with Crippen LogP contribution in [-0.2, 0) is 4.79 Å². The maximum Gasteiger partial charge on any atom is 0.232 e. The molecule has 0 saturated heterocycles. The number of rotatable bonds is 7. The summed E-state index contributed by atoms with van der Waals surface area (Å²) in [6, 6.07) is 22.5. The minimum absolute atomic E-state index is 0.132. The Morgan fingerprint density at radius 2 is 1.44 bits per heavy atom. The van der Waals surface area contributed by atoms with Crippen LogP contribution in [0.1, 0.15) is 13.8 Å². The van der Waals surface area contributed by atoms with E-state index in [1.807, 2.05) is 49.1 Å². The van der Waals surface area contributed by atoms with Crippen molar-refractivity contribution in [3.63, 3.8) is 0 Å². The first kappa shape index (κ1) is 19.1. The molecule has 3 rings (SSSR count). The van der Waals surface area contributed by atoms with Gasteiger partial charge in [-0.25, -0.2) is 0 Å². The largest absolute Gasteiger partial charge is 0.343 e. The van der Waals surface area contributed by atoms with E-state index in [9.17, 15) is 4.79 Å². The molecule has 0 atom stereocenters. The van der Waals surface area contributed by atoms with Crippen LogP contribution in [0.15, 0.2) is 71.8 Å². The Kier molecular flexibility index (Phi) is 6.60. The van der Waals surface area contributed by atoms with E-state index < -0.39 is 0 Å². The molecule has 2 aromatic carbocycles. The molecule has 1 amide bonds. The quantitative estimate of drug-likeness (QED) is 0.556. The molecule has 27 heavy (non-hydrogen) atoms. The number of nitrogens with zero attached hydrogens (tertiary/aromatic N) is 3. The molecular formula is C22H23N3OS. The zero-order chi connectivity index (χ0) is 19.1. The molecule has 0 spiro atoms. The van der Waals surface area contributed by atoms with Crippen molar-refractivity contribution in [3.05, 3.63) is 66.7 Å². The highest BCUT2D eigenvalue weighted by molar-refractivity contribution is 7.99. The molecule has 0 unspecified atom stereocenters. The predicted molar refractivity (Wildman–Crippen MR) is 112 cm³/mol. The second-order valence-electron chi connectivity index (χ2n) is 6.05. The van der Waals surface area contributed by atoms with E-state index in [0.29, 0.717) is 5.75 Å². The predicted octanol–water partition coefficient (Wildman–Crippen LogP) is 4.77. The van der Waals surface area contributed by atoms with Gasteiger partial charge in [-0.3, -0.25) is 4.79 Å². The Morgan fingerprint density at radius 1 is 0.815 bits per heavy atom. The van der Waals surface area contributed by atoms with Gasteiger partial charge in [-0.1, -0.05) is 66.4 Å². The lowest BCUT2D eigenvalue weighted by Crippen LogP contribution is -2.31. The standard InChI is InChI=1S/C22H23N3OS/c1-3-25(4-2)22(26)16-27-21-15-14-20(23-24-21)19-12-10-18(11-13-19)17-8-6-5-7-9-17/h5-15H,3-4,16H2,1-2H3. The summed E-state index contributed by atoms with van der Waals surface area (Å²) < 4.78 is 0. The van der Waals surface area contributed by atoms with Gasteiger partial charge < -0.3 is 4.90 Å². The van der Waals surface area contributed by atoms with Crippen LogP contribution in [0, 0.1) is 0 Å². The molecular weight excluding hydrogens is 354 g/mol. The summed E-state index contributed by atoms with van der Waals surface area (Å²) in [5.41, 5.74) is 4.22. The topological polar surface area (TPSA) is 46.1 Å². The van der Waals surface area contributed by atoms with E-state index in [0.717, 1.165) is 29.4 Å². The maximum absolute atomic E-state index is 12.1. The Morgan fingerprint density at radius 3 is 2.04 bits per heavy atom. The first-order valence-electron chi connectivity index (χ1n) is 9.11. The maximum atomic E-state index is 12.1. The molecule has 0 aliphatic heterocycles. The molecule has 0 saturated carbocycles. The average Bonchev–Trinajstić information content (AvgIpc) is 2.74. The zero-order valence-electron chi connectivity index (χ0n) is 15.6. The number of carbonyl (C=O) groups excluding carboxylic acids is 1. The Balaban J connectivity index is 1.64. The van der Waals surface area contributed by atoms with E-state index in [1.165, 1.54) is 22.9 Å². The summed E-state index contributed by atoms with van der Waals surface area (Å²) in [5, 5.41) is 9.34. The molecule has 1 heterocycles. The number of hydrogen-bond donors (Lipinski definition) is 0. The molecule has 138 valence electrons. The van der Waals surface area contributed by atoms with Crippen LogP contribution in [0.2, 0.25) is 0 Å². The lowest BCUT2D eigenvalue weighted by atomic mass is 10.0. The number of thioether (sulfide) groups is 1. The first-order chi connectivity index (χ1) is 13.2. The van der Waals surface area contributed by atoms with Crippen LogP contribution < -0.4 is 0 Å². The fourth-order valence-electron chi connectivity index (χ4n) is 2.82. The number of aromatic nitrogens is 2. The van der Waals surface area contributed by atoms with Crippen molar-refractivity contribution in [2.75, 3.05) is 18.8 Å². The normalized spacial score (nSPS) is 10.6. The van der Waals surface area contributed by atoms with Crippen molar-refractivity contribution >= 4 is 17.7 Å². The lowest BCUT2D eigenvalue weighted by molar-refractivity contribution is -0.127. The van der Waals surface area contributed by atoms with Gasteiger partial charge in [0.25, 0.3) is 0 Å². The zero-order valence-corrected chi connectivity index (χ0v) is 16.4. The Hall–Kier alpha value is -2.66. The highest BCUT2D eigenvalue weighted by Crippen LogP contribution is 2.24. The van der Waals surface area contributed by atoms with Crippen molar-refractivity contribution in [1.29, 1.82) is 0 Å². The van der Waals surface area contributed by atoms with Crippen molar-refractivity contribution in [2.24, 2.45) is 0 Å². The molecule has 1 aromatic heterocycles. The minimum atomic E-state index is 0.132. The number of benzene rings is 2. The summed E-state index contributed by atoms with van der Waals surface area (Å²) in [6.45, 7) is 5.45. The summed E-state index contributed by atoms with van der Waals surface area (Å²) in [4.78, 5) is 13.9. The molecule has 0 aliphatic carbocycles. The summed E-state index contributed by atoms with van der Waals surface area (Å²) >= 11 is 1.43. The fourth-order valence-corrected chi connectivity index (χ4v) is 3.54. The van der Waals surface area contributed by atoms with Crippen molar-refractivity contribution in [2.45, 2.75) is 18.9 Å². The van der Waals surface area contributed by atoms with Crippen LogP contribution >= 0.6 is 11.8 Å². The number of amides is 1. The number of hydrogen-bond acceptors (Lipinski definition) is 4. The molecule has 0 N–H and O–H groups in total. The van der Waals surface area contributed by atoms with Crippen molar-refractivity contribution < 1.29 is 4.79 Å². The third-order valence-corrected chi connectivity index (χ3v) is 5.29. The van der Waals surface area contributed by atoms with Crippen LogP contribution in [0.25, 0.3) is 22.4 Å². The van der Waals surface area contributed by atoms with Crippen LogP contribution in [0.5, 0.6) is 0 Å². The Labute approximate surface area is 164 Å². The molecule has 0 fully saturated rings. The molecule has 5 heteroatoms. The number of carbonyl (C=O) groups is 1. The Bertz CT molecular complexity index is 860. The summed E-state index contributed by atoms with van der Waals surface area (Å²) in [7, 11) is 0. The third-order valence-electron chi connectivity index (χ3n) is 4.39. The van der Waals surface area contributed by atoms with Crippen LogP contribution in [0.4, 0.5) is 0 Å². The van der Waals surface area contributed by atoms with Crippen LogP contribution in [-0.4, -0.2) is 39.8 Å². The highest BCUT2D eigenvalue weighted by Gasteiger charge is 2.11. The van der Waals surface area contributed by atoms with E-state index in [1.54, 1.807) is 0 Å². The van der Waals surface area contributed by atoms with Crippen molar-refractivity contribution in [1.82, 2.24) is 15.1 Å². The lowest BCUT2D eigenvalue weighted by Gasteiger charge is -2.17. The molecule has 0 aliphatic rings. The third kappa shape index (κ3) is 4.95. The molecule has 4 nitrogen and oxygen atoms in total. The highest BCUT2D eigenvalue weighted by atomic mass is 32.2. The molecule has 0 bridgehead atoms. The molecule has 3 aromatic rings. The fraction of sp³-hybridized carbons (Fsp3) is 0.227. The van der Waals surface area contributed by atoms with Gasteiger partial charge in [0.1, 0.15) is 5.03 Å². The van der Waals surface area contributed by atoms with E-state index in [4.69, 9.17) is 0 Å². The first-order valence-corrected chi connectivity index (χ1v) is 10.1. The van der Waals surface area contributed by atoms with E-state index in [2.05, 4.69) is 46.6 Å². The second-order valence-corrected chi connectivity index (χ2v) is 7.05. The van der Waals surface area contributed by atoms with Gasteiger partial charge in [-0.15, -0.1) is 10.2 Å². The van der Waals surface area contributed by atoms with Gasteiger partial charge in [-0.05, 0) is 37.1 Å². The smallest absolute Gasteiger partial charge is 0.232 e. The van der Waals surface area contributed by atoms with Gasteiger partial charge in [0, 0.05) is 18.7 Å². The SMILES string of the molecule is CCN(CC)C(=O)CSc1ccc(-c2ccc(-c3ccccc3)cc2)nn1. The summed E-state index contributed by atoms with van der Waals surface area (Å²) in [5.74, 6) is 0.522.